The second kappa shape index (κ2) is 9.12. The van der Waals surface area contributed by atoms with E-state index in [2.05, 4.69) is 10.1 Å². The molecule has 4 aromatic rings. The van der Waals surface area contributed by atoms with Gasteiger partial charge in [-0.2, -0.15) is 0 Å². The van der Waals surface area contributed by atoms with Crippen LogP contribution in [-0.2, 0) is 4.74 Å². The lowest BCUT2D eigenvalue weighted by Crippen LogP contribution is -2.15. The maximum atomic E-state index is 12.6. The first kappa shape index (κ1) is 20.8. The van der Waals surface area contributed by atoms with E-state index in [1.165, 1.54) is 4.68 Å². The molecule has 0 saturated heterocycles. The number of benzene rings is 3. The number of rotatable bonds is 6. The highest BCUT2D eigenvalue weighted by atomic mass is 35.5. The number of aromatic nitrogens is 3. The summed E-state index contributed by atoms with van der Waals surface area (Å²) in [5, 5.41) is 5.03. The fraction of sp³-hybridized carbons (Fsp3) is 0.0435. The van der Waals surface area contributed by atoms with Crippen LogP contribution >= 0.6 is 23.2 Å². The molecule has 1 heterocycles. The number of hydrogen-bond acceptors (Lipinski definition) is 5. The minimum absolute atomic E-state index is 0.175. The highest BCUT2D eigenvalue weighted by molar-refractivity contribution is 6.42. The van der Waals surface area contributed by atoms with Crippen molar-refractivity contribution in [2.75, 3.05) is 6.61 Å². The van der Waals surface area contributed by atoms with Crippen LogP contribution in [-0.4, -0.2) is 33.1 Å². The van der Waals surface area contributed by atoms with Gasteiger partial charge in [0.25, 0.3) is 5.82 Å². The Morgan fingerprint density at radius 2 is 1.55 bits per heavy atom. The molecule has 0 unspecified atom stereocenters. The third-order valence-electron chi connectivity index (χ3n) is 4.40. The van der Waals surface area contributed by atoms with Crippen molar-refractivity contribution in [1.29, 1.82) is 0 Å². The van der Waals surface area contributed by atoms with Gasteiger partial charge in [0.2, 0.25) is 0 Å². The van der Waals surface area contributed by atoms with E-state index in [9.17, 15) is 9.59 Å². The van der Waals surface area contributed by atoms with Gasteiger partial charge in [0.15, 0.2) is 18.2 Å². The van der Waals surface area contributed by atoms with E-state index in [4.69, 9.17) is 27.9 Å². The van der Waals surface area contributed by atoms with E-state index in [1.54, 1.807) is 48.5 Å². The van der Waals surface area contributed by atoms with Crippen molar-refractivity contribution < 1.29 is 14.3 Å². The highest BCUT2D eigenvalue weighted by Crippen LogP contribution is 2.27. The molecule has 154 valence electrons. The van der Waals surface area contributed by atoms with Crippen molar-refractivity contribution in [3.8, 4) is 17.1 Å². The SMILES string of the molecule is O=C(COC(=O)c1nc(-c2ccccc2)n(-c2ccc(Cl)c(Cl)c2)n1)c1ccccc1. The average Bonchev–Trinajstić information content (AvgIpc) is 3.26. The van der Waals surface area contributed by atoms with Crippen molar-refractivity contribution in [1.82, 2.24) is 14.8 Å². The molecule has 0 N–H and O–H groups in total. The first-order valence-electron chi connectivity index (χ1n) is 9.26. The minimum Gasteiger partial charge on any atom is -0.451 e. The van der Waals surface area contributed by atoms with Gasteiger partial charge in [-0.1, -0.05) is 83.9 Å². The number of carbonyl (C=O) groups excluding carboxylic acids is 2. The molecule has 0 atom stereocenters. The smallest absolute Gasteiger partial charge is 0.378 e. The van der Waals surface area contributed by atoms with E-state index >= 15 is 0 Å². The zero-order chi connectivity index (χ0) is 21.8. The number of ketones is 1. The fourth-order valence-corrected chi connectivity index (χ4v) is 3.16. The monoisotopic (exact) mass is 451 g/mol. The lowest BCUT2D eigenvalue weighted by atomic mass is 10.1. The zero-order valence-electron chi connectivity index (χ0n) is 16.0. The lowest BCUT2D eigenvalue weighted by Gasteiger charge is -2.07. The number of hydrogen-bond donors (Lipinski definition) is 0. The van der Waals surface area contributed by atoms with Gasteiger partial charge in [-0.15, -0.1) is 5.10 Å². The van der Waals surface area contributed by atoms with Crippen LogP contribution in [0.25, 0.3) is 17.1 Å². The molecule has 0 bridgehead atoms. The molecule has 0 aliphatic rings. The quantitative estimate of drug-likeness (QED) is 0.294. The summed E-state index contributed by atoms with van der Waals surface area (Å²) < 4.78 is 6.63. The van der Waals surface area contributed by atoms with Gasteiger partial charge >= 0.3 is 5.97 Å². The Bertz CT molecular complexity index is 1240. The normalized spacial score (nSPS) is 10.6. The molecule has 3 aromatic carbocycles. The molecule has 0 spiro atoms. The summed E-state index contributed by atoms with van der Waals surface area (Å²) in [7, 11) is 0. The maximum absolute atomic E-state index is 12.6. The van der Waals surface area contributed by atoms with Crippen molar-refractivity contribution in [2.45, 2.75) is 0 Å². The van der Waals surface area contributed by atoms with Gasteiger partial charge in [0.05, 0.1) is 15.7 Å². The number of esters is 1. The van der Waals surface area contributed by atoms with Crippen LogP contribution in [0.1, 0.15) is 21.0 Å². The summed E-state index contributed by atoms with van der Waals surface area (Å²) in [6.45, 7) is -0.412. The largest absolute Gasteiger partial charge is 0.451 e. The molecule has 0 amide bonds. The molecule has 6 nitrogen and oxygen atoms in total. The van der Waals surface area contributed by atoms with Crippen LogP contribution in [0.2, 0.25) is 10.0 Å². The molecule has 0 radical (unpaired) electrons. The van der Waals surface area contributed by atoms with Crippen LogP contribution in [0.5, 0.6) is 0 Å². The van der Waals surface area contributed by atoms with Crippen molar-refractivity contribution in [3.63, 3.8) is 0 Å². The van der Waals surface area contributed by atoms with Gasteiger partial charge in [-0.25, -0.2) is 14.5 Å². The number of halogens is 2. The second-order valence-electron chi connectivity index (χ2n) is 6.50. The van der Waals surface area contributed by atoms with Gasteiger partial charge in [0, 0.05) is 11.1 Å². The molecule has 0 saturated carbocycles. The van der Waals surface area contributed by atoms with E-state index in [1.807, 2.05) is 30.3 Å². The molecule has 0 aliphatic heterocycles. The van der Waals surface area contributed by atoms with Gasteiger partial charge in [-0.3, -0.25) is 4.79 Å². The van der Waals surface area contributed by atoms with E-state index in [-0.39, 0.29) is 11.6 Å². The summed E-state index contributed by atoms with van der Waals surface area (Å²) in [5.74, 6) is -0.882. The third kappa shape index (κ3) is 4.66. The van der Waals surface area contributed by atoms with Crippen LogP contribution < -0.4 is 0 Å². The molecular formula is C23H15Cl2N3O3. The Labute approximate surface area is 188 Å². The number of ether oxygens (including phenoxy) is 1. The number of carbonyl (C=O) groups is 2. The van der Waals surface area contributed by atoms with Crippen molar-refractivity contribution >= 4 is 35.0 Å². The fourth-order valence-electron chi connectivity index (χ4n) is 2.87. The molecule has 4 rings (SSSR count). The van der Waals surface area contributed by atoms with Crippen LogP contribution in [0.15, 0.2) is 78.9 Å². The van der Waals surface area contributed by atoms with Crippen LogP contribution in [0, 0.1) is 0 Å². The van der Waals surface area contributed by atoms with Gasteiger partial charge in [0.1, 0.15) is 0 Å². The van der Waals surface area contributed by atoms with E-state index < -0.39 is 12.6 Å². The van der Waals surface area contributed by atoms with Crippen LogP contribution in [0.4, 0.5) is 0 Å². The Morgan fingerprint density at radius 1 is 0.871 bits per heavy atom. The van der Waals surface area contributed by atoms with Gasteiger partial charge in [-0.05, 0) is 18.2 Å². The Hall–Kier alpha value is -3.48. The minimum atomic E-state index is -0.805. The summed E-state index contributed by atoms with van der Waals surface area (Å²) in [6.07, 6.45) is 0. The number of Topliss-reactive ketones (excluding diaryl/α,β-unsaturated/α-hetero) is 1. The topological polar surface area (TPSA) is 74.1 Å². The first-order valence-corrected chi connectivity index (χ1v) is 10.0. The number of nitrogens with zero attached hydrogens (tertiary/aromatic N) is 3. The Morgan fingerprint density at radius 3 is 2.23 bits per heavy atom. The van der Waals surface area contributed by atoms with Gasteiger partial charge < -0.3 is 4.74 Å². The van der Waals surface area contributed by atoms with E-state index in [0.29, 0.717) is 27.1 Å². The standard InChI is InChI=1S/C23H15Cl2N3O3/c24-18-12-11-17(13-19(18)25)28-22(16-9-5-2-6-10-16)26-21(27-28)23(30)31-14-20(29)15-7-3-1-4-8-15/h1-13H,14H2. The highest BCUT2D eigenvalue weighted by Gasteiger charge is 2.21. The molecule has 1 aromatic heterocycles. The molecule has 31 heavy (non-hydrogen) atoms. The summed E-state index contributed by atoms with van der Waals surface area (Å²) in [5.41, 5.74) is 1.76. The third-order valence-corrected chi connectivity index (χ3v) is 5.14. The Balaban J connectivity index is 1.64. The lowest BCUT2D eigenvalue weighted by molar-refractivity contribution is 0.0462. The second-order valence-corrected chi connectivity index (χ2v) is 7.31. The summed E-state index contributed by atoms with van der Waals surface area (Å²) in [4.78, 5) is 29.1. The predicted molar refractivity (Wildman–Crippen MR) is 118 cm³/mol. The summed E-state index contributed by atoms with van der Waals surface area (Å²) in [6, 6.07) is 22.8. The van der Waals surface area contributed by atoms with Crippen molar-refractivity contribution in [2.24, 2.45) is 0 Å². The molecule has 0 fully saturated rings. The first-order chi connectivity index (χ1) is 15.0. The molecular weight excluding hydrogens is 437 g/mol. The zero-order valence-corrected chi connectivity index (χ0v) is 17.5. The average molecular weight is 452 g/mol. The van der Waals surface area contributed by atoms with E-state index in [0.717, 1.165) is 5.56 Å². The predicted octanol–water partition coefficient (Wildman–Crippen LogP) is 5.28. The Kier molecular flexibility index (Phi) is 6.11. The molecule has 0 aliphatic carbocycles. The van der Waals surface area contributed by atoms with Crippen LogP contribution in [0.3, 0.4) is 0 Å². The van der Waals surface area contributed by atoms with Crippen molar-refractivity contribution in [3.05, 3.63) is 100 Å². The maximum Gasteiger partial charge on any atom is 0.378 e. The molecule has 8 heteroatoms. The summed E-state index contributed by atoms with van der Waals surface area (Å²) >= 11 is 12.2.